The predicted octanol–water partition coefficient (Wildman–Crippen LogP) is 2.73. The van der Waals surface area contributed by atoms with Crippen LogP contribution < -0.4 is 20.1 Å². The zero-order valence-corrected chi connectivity index (χ0v) is 13.8. The maximum Gasteiger partial charge on any atom is 0.225 e. The molecule has 118 valence electrons. The van der Waals surface area contributed by atoms with Crippen molar-refractivity contribution in [3.05, 3.63) is 17.7 Å². The van der Waals surface area contributed by atoms with E-state index in [1.807, 2.05) is 13.0 Å². The minimum Gasteiger partial charge on any atom is -0.493 e. The van der Waals surface area contributed by atoms with Crippen molar-refractivity contribution in [1.29, 1.82) is 0 Å². The normalized spacial score (nSPS) is 11.1. The molecule has 1 rings (SSSR count). The van der Waals surface area contributed by atoms with E-state index in [-0.39, 0.29) is 11.4 Å². The molecule has 1 aromatic rings. The van der Waals surface area contributed by atoms with Crippen LogP contribution in [0.4, 0.5) is 5.69 Å². The molecule has 0 fully saturated rings. The number of carbonyl (C=O) groups is 1. The van der Waals surface area contributed by atoms with Crippen molar-refractivity contribution in [3.8, 4) is 11.5 Å². The lowest BCUT2D eigenvalue weighted by molar-refractivity contribution is -0.116. The van der Waals surface area contributed by atoms with Crippen LogP contribution in [0.25, 0.3) is 0 Å². The second-order valence-electron chi connectivity index (χ2n) is 6.00. The Balaban J connectivity index is 2.68. The van der Waals surface area contributed by atoms with Crippen LogP contribution in [0.2, 0.25) is 0 Å². The van der Waals surface area contributed by atoms with Gasteiger partial charge < -0.3 is 20.1 Å². The molecule has 0 saturated carbocycles. The van der Waals surface area contributed by atoms with Gasteiger partial charge in [-0.15, -0.1) is 0 Å². The minimum atomic E-state index is -0.0259. The largest absolute Gasteiger partial charge is 0.493 e. The predicted molar refractivity (Wildman–Crippen MR) is 85.3 cm³/mol. The zero-order valence-electron chi connectivity index (χ0n) is 13.8. The second-order valence-corrected chi connectivity index (χ2v) is 6.00. The van der Waals surface area contributed by atoms with E-state index in [1.54, 1.807) is 20.3 Å². The molecule has 1 aromatic carbocycles. The number of benzene rings is 1. The number of methoxy groups -OCH3 is 2. The Hall–Kier alpha value is -1.75. The Bertz CT molecular complexity index is 493. The molecule has 0 radical (unpaired) electrons. The lowest BCUT2D eigenvalue weighted by atomic mass is 10.1. The average molecular weight is 294 g/mol. The molecule has 0 bridgehead atoms. The molecule has 0 atom stereocenters. The van der Waals surface area contributed by atoms with Crippen LogP contribution in [-0.2, 0) is 4.79 Å². The summed E-state index contributed by atoms with van der Waals surface area (Å²) in [5.41, 5.74) is 1.69. The molecule has 0 aliphatic heterocycles. The first-order valence-electron chi connectivity index (χ1n) is 7.04. The van der Waals surface area contributed by atoms with Gasteiger partial charge in [-0.1, -0.05) is 0 Å². The minimum absolute atomic E-state index is 0.0134. The zero-order chi connectivity index (χ0) is 16.0. The lowest BCUT2D eigenvalue weighted by Gasteiger charge is -2.20. The quantitative estimate of drug-likeness (QED) is 0.847. The highest BCUT2D eigenvalue weighted by molar-refractivity contribution is 5.92. The van der Waals surface area contributed by atoms with Crippen molar-refractivity contribution < 1.29 is 14.3 Å². The molecule has 0 saturated heterocycles. The molecule has 2 N–H and O–H groups in total. The molecular weight excluding hydrogens is 268 g/mol. The first-order valence-corrected chi connectivity index (χ1v) is 7.04. The summed E-state index contributed by atoms with van der Waals surface area (Å²) in [4.78, 5) is 12.0. The summed E-state index contributed by atoms with van der Waals surface area (Å²) in [6.07, 6.45) is 0.422. The summed E-state index contributed by atoms with van der Waals surface area (Å²) in [6.45, 7) is 8.78. The fraction of sp³-hybridized carbons (Fsp3) is 0.562. The van der Waals surface area contributed by atoms with Gasteiger partial charge in [0.25, 0.3) is 0 Å². The van der Waals surface area contributed by atoms with Crippen LogP contribution >= 0.6 is 0 Å². The van der Waals surface area contributed by atoms with Gasteiger partial charge in [0.2, 0.25) is 5.91 Å². The number of hydrogen-bond donors (Lipinski definition) is 2. The van der Waals surface area contributed by atoms with Gasteiger partial charge in [-0.2, -0.15) is 0 Å². The van der Waals surface area contributed by atoms with E-state index >= 15 is 0 Å². The third-order valence-electron chi connectivity index (χ3n) is 3.01. The maximum absolute atomic E-state index is 12.0. The summed E-state index contributed by atoms with van der Waals surface area (Å²) < 4.78 is 10.5. The van der Waals surface area contributed by atoms with Crippen LogP contribution in [0, 0.1) is 6.92 Å². The average Bonchev–Trinajstić information content (AvgIpc) is 2.39. The SMILES string of the molecule is COc1cc(C)c(NC(=O)CCNC(C)(C)C)cc1OC. The number of amides is 1. The molecule has 21 heavy (non-hydrogen) atoms. The highest BCUT2D eigenvalue weighted by atomic mass is 16.5. The van der Waals surface area contributed by atoms with E-state index in [0.717, 1.165) is 11.3 Å². The van der Waals surface area contributed by atoms with Gasteiger partial charge in [0, 0.05) is 30.3 Å². The van der Waals surface area contributed by atoms with Crippen molar-refractivity contribution in [2.75, 3.05) is 26.1 Å². The van der Waals surface area contributed by atoms with Crippen LogP contribution in [-0.4, -0.2) is 32.2 Å². The molecule has 0 heterocycles. The van der Waals surface area contributed by atoms with Gasteiger partial charge in [-0.05, 0) is 39.3 Å². The second kappa shape index (κ2) is 7.31. The Morgan fingerprint density at radius 1 is 1.14 bits per heavy atom. The van der Waals surface area contributed by atoms with Gasteiger partial charge in [-0.3, -0.25) is 4.79 Å². The summed E-state index contributed by atoms with van der Waals surface area (Å²) >= 11 is 0. The third-order valence-corrected chi connectivity index (χ3v) is 3.01. The molecule has 5 nitrogen and oxygen atoms in total. The molecule has 0 unspecified atom stereocenters. The van der Waals surface area contributed by atoms with Crippen molar-refractivity contribution in [2.45, 2.75) is 39.7 Å². The Morgan fingerprint density at radius 2 is 1.71 bits per heavy atom. The fourth-order valence-electron chi connectivity index (χ4n) is 1.88. The van der Waals surface area contributed by atoms with Crippen LogP contribution in [0.5, 0.6) is 11.5 Å². The van der Waals surface area contributed by atoms with E-state index < -0.39 is 0 Å². The Kier molecular flexibility index (Phi) is 6.03. The van der Waals surface area contributed by atoms with Gasteiger partial charge in [0.15, 0.2) is 11.5 Å². The van der Waals surface area contributed by atoms with Crippen molar-refractivity contribution in [1.82, 2.24) is 5.32 Å². The number of hydrogen-bond acceptors (Lipinski definition) is 4. The first-order chi connectivity index (χ1) is 9.76. The van der Waals surface area contributed by atoms with Gasteiger partial charge in [0.1, 0.15) is 0 Å². The molecule has 0 spiro atoms. The fourth-order valence-corrected chi connectivity index (χ4v) is 1.88. The lowest BCUT2D eigenvalue weighted by Crippen LogP contribution is -2.37. The highest BCUT2D eigenvalue weighted by Gasteiger charge is 2.12. The van der Waals surface area contributed by atoms with Crippen LogP contribution in [0.15, 0.2) is 12.1 Å². The number of nitrogens with one attached hydrogen (secondary N) is 2. The smallest absolute Gasteiger partial charge is 0.225 e. The summed E-state index contributed by atoms with van der Waals surface area (Å²) in [5, 5.41) is 6.20. The van der Waals surface area contributed by atoms with E-state index in [0.29, 0.717) is 24.5 Å². The molecular formula is C16H26N2O3. The standard InChI is InChI=1S/C16H26N2O3/c1-11-9-13(20-5)14(21-6)10-12(11)18-15(19)7-8-17-16(2,3)4/h9-10,17H,7-8H2,1-6H3,(H,18,19). The maximum atomic E-state index is 12.0. The molecule has 0 aliphatic carbocycles. The topological polar surface area (TPSA) is 59.6 Å². The monoisotopic (exact) mass is 294 g/mol. The Labute approximate surface area is 127 Å². The van der Waals surface area contributed by atoms with E-state index in [4.69, 9.17) is 9.47 Å². The van der Waals surface area contributed by atoms with Gasteiger partial charge >= 0.3 is 0 Å². The van der Waals surface area contributed by atoms with E-state index in [1.165, 1.54) is 0 Å². The number of ether oxygens (including phenoxy) is 2. The molecule has 0 aliphatic rings. The van der Waals surface area contributed by atoms with Gasteiger partial charge in [-0.25, -0.2) is 0 Å². The molecule has 0 aromatic heterocycles. The molecule has 5 heteroatoms. The summed E-state index contributed by atoms with van der Waals surface area (Å²) in [5.74, 6) is 1.23. The van der Waals surface area contributed by atoms with Gasteiger partial charge in [0.05, 0.1) is 14.2 Å². The van der Waals surface area contributed by atoms with Crippen molar-refractivity contribution in [2.24, 2.45) is 0 Å². The first kappa shape index (κ1) is 17.3. The Morgan fingerprint density at radius 3 is 2.24 bits per heavy atom. The molecule has 1 amide bonds. The highest BCUT2D eigenvalue weighted by Crippen LogP contribution is 2.32. The van der Waals surface area contributed by atoms with Crippen LogP contribution in [0.3, 0.4) is 0 Å². The van der Waals surface area contributed by atoms with Crippen molar-refractivity contribution >= 4 is 11.6 Å². The third kappa shape index (κ3) is 5.63. The van der Waals surface area contributed by atoms with E-state index in [2.05, 4.69) is 31.4 Å². The number of rotatable bonds is 6. The number of anilines is 1. The van der Waals surface area contributed by atoms with Crippen LogP contribution in [0.1, 0.15) is 32.8 Å². The van der Waals surface area contributed by atoms with Crippen molar-refractivity contribution in [3.63, 3.8) is 0 Å². The number of carbonyl (C=O) groups excluding carboxylic acids is 1. The van der Waals surface area contributed by atoms with E-state index in [9.17, 15) is 4.79 Å². The summed E-state index contributed by atoms with van der Waals surface area (Å²) in [7, 11) is 3.17. The summed E-state index contributed by atoms with van der Waals surface area (Å²) in [6, 6.07) is 3.63. The number of aryl methyl sites for hydroxylation is 1.